The van der Waals surface area contributed by atoms with Crippen molar-refractivity contribution in [1.82, 2.24) is 9.80 Å². The van der Waals surface area contributed by atoms with Crippen LogP contribution in [0.1, 0.15) is 17.5 Å². The van der Waals surface area contributed by atoms with Gasteiger partial charge in [0.2, 0.25) is 0 Å². The van der Waals surface area contributed by atoms with Crippen LogP contribution in [-0.4, -0.2) is 54.5 Å². The number of hydrogen-bond donors (Lipinski definition) is 0. The van der Waals surface area contributed by atoms with Crippen molar-refractivity contribution in [1.29, 1.82) is 0 Å². The molecule has 0 bridgehead atoms. The topological polar surface area (TPSA) is 32.8 Å². The van der Waals surface area contributed by atoms with Gasteiger partial charge in [0.15, 0.2) is 6.61 Å². The first-order valence-electron chi connectivity index (χ1n) is 9.56. The van der Waals surface area contributed by atoms with Gasteiger partial charge < -0.3 is 9.64 Å². The summed E-state index contributed by atoms with van der Waals surface area (Å²) < 4.78 is 5.60. The van der Waals surface area contributed by atoms with Gasteiger partial charge in [-0.05, 0) is 42.5 Å². The number of piperazine rings is 1. The quantitative estimate of drug-likeness (QED) is 0.850. The van der Waals surface area contributed by atoms with Crippen LogP contribution >= 0.6 is 0 Å². The summed E-state index contributed by atoms with van der Waals surface area (Å²) in [5.74, 6) is 0.836. The van der Waals surface area contributed by atoms with Crippen LogP contribution in [0, 0.1) is 0 Å². The van der Waals surface area contributed by atoms with Crippen molar-refractivity contribution in [2.45, 2.75) is 25.3 Å². The number of aryl methyl sites for hydroxylation is 1. The molecule has 0 unspecified atom stereocenters. The molecule has 1 atom stereocenters. The van der Waals surface area contributed by atoms with Crippen LogP contribution in [-0.2, 0) is 17.6 Å². The summed E-state index contributed by atoms with van der Waals surface area (Å²) in [6.45, 7) is 3.65. The zero-order valence-corrected chi connectivity index (χ0v) is 15.1. The Morgan fingerprint density at radius 1 is 0.923 bits per heavy atom. The highest BCUT2D eigenvalue weighted by Gasteiger charge is 2.28. The van der Waals surface area contributed by atoms with E-state index in [9.17, 15) is 4.79 Å². The second-order valence-electron chi connectivity index (χ2n) is 7.18. The third-order valence-electron chi connectivity index (χ3n) is 5.61. The monoisotopic (exact) mass is 350 g/mol. The van der Waals surface area contributed by atoms with E-state index in [-0.39, 0.29) is 12.5 Å². The Kier molecular flexibility index (Phi) is 5.21. The Labute approximate surface area is 155 Å². The number of carbonyl (C=O) groups excluding carboxylic acids is 1. The SMILES string of the molecule is O=C(COc1ccccc1)N1CCN([C@H]2CCc3ccccc3C2)CC1. The second kappa shape index (κ2) is 7.92. The average Bonchev–Trinajstić information content (AvgIpc) is 2.72. The molecular weight excluding hydrogens is 324 g/mol. The fraction of sp³-hybridized carbons (Fsp3) is 0.409. The molecule has 2 aliphatic rings. The van der Waals surface area contributed by atoms with Crippen LogP contribution in [0.25, 0.3) is 0 Å². The number of hydrogen-bond acceptors (Lipinski definition) is 3. The van der Waals surface area contributed by atoms with Gasteiger partial charge in [0.05, 0.1) is 0 Å². The van der Waals surface area contributed by atoms with Gasteiger partial charge in [-0.3, -0.25) is 9.69 Å². The third kappa shape index (κ3) is 3.91. The van der Waals surface area contributed by atoms with E-state index < -0.39 is 0 Å². The molecule has 1 heterocycles. The van der Waals surface area contributed by atoms with Crippen LogP contribution in [0.3, 0.4) is 0 Å². The van der Waals surface area contributed by atoms with Gasteiger partial charge in [-0.25, -0.2) is 0 Å². The highest BCUT2D eigenvalue weighted by molar-refractivity contribution is 5.77. The molecule has 4 rings (SSSR count). The molecule has 1 aliphatic carbocycles. The fourth-order valence-corrected chi connectivity index (χ4v) is 4.08. The molecule has 1 fully saturated rings. The van der Waals surface area contributed by atoms with Gasteiger partial charge in [-0.2, -0.15) is 0 Å². The molecule has 4 heteroatoms. The Hall–Kier alpha value is -2.33. The summed E-state index contributed by atoms with van der Waals surface area (Å²) in [7, 11) is 0. The Morgan fingerprint density at radius 2 is 1.62 bits per heavy atom. The first-order valence-corrected chi connectivity index (χ1v) is 9.56. The zero-order valence-electron chi connectivity index (χ0n) is 15.1. The van der Waals surface area contributed by atoms with Gasteiger partial charge in [-0.1, -0.05) is 42.5 Å². The van der Waals surface area contributed by atoms with E-state index >= 15 is 0 Å². The van der Waals surface area contributed by atoms with Crippen molar-refractivity contribution in [2.75, 3.05) is 32.8 Å². The van der Waals surface area contributed by atoms with E-state index in [4.69, 9.17) is 4.74 Å². The predicted molar refractivity (Wildman–Crippen MR) is 102 cm³/mol. The minimum atomic E-state index is 0.0856. The van der Waals surface area contributed by atoms with Crippen molar-refractivity contribution in [2.24, 2.45) is 0 Å². The maximum Gasteiger partial charge on any atom is 0.260 e. The van der Waals surface area contributed by atoms with Gasteiger partial charge in [-0.15, -0.1) is 0 Å². The number of benzene rings is 2. The molecule has 0 radical (unpaired) electrons. The first kappa shape index (κ1) is 17.1. The van der Waals surface area contributed by atoms with Gasteiger partial charge >= 0.3 is 0 Å². The number of rotatable bonds is 4. The summed E-state index contributed by atoms with van der Waals surface area (Å²) in [6.07, 6.45) is 3.54. The number of para-hydroxylation sites is 1. The molecule has 2 aromatic carbocycles. The lowest BCUT2D eigenvalue weighted by Crippen LogP contribution is -2.53. The largest absolute Gasteiger partial charge is 0.484 e. The summed E-state index contributed by atoms with van der Waals surface area (Å²) in [5, 5.41) is 0. The van der Waals surface area contributed by atoms with Crippen LogP contribution < -0.4 is 4.74 Å². The van der Waals surface area contributed by atoms with Crippen molar-refractivity contribution >= 4 is 5.91 Å². The molecule has 0 aromatic heterocycles. The molecule has 2 aromatic rings. The molecule has 0 N–H and O–H groups in total. The third-order valence-corrected chi connectivity index (χ3v) is 5.61. The highest BCUT2D eigenvalue weighted by Crippen LogP contribution is 2.25. The Morgan fingerprint density at radius 3 is 2.38 bits per heavy atom. The predicted octanol–water partition coefficient (Wildman–Crippen LogP) is 2.77. The van der Waals surface area contributed by atoms with Crippen LogP contribution in [0.15, 0.2) is 54.6 Å². The van der Waals surface area contributed by atoms with E-state index in [0.717, 1.165) is 38.3 Å². The summed E-state index contributed by atoms with van der Waals surface area (Å²) in [5.41, 5.74) is 3.01. The molecule has 4 nitrogen and oxygen atoms in total. The number of fused-ring (bicyclic) bond motifs is 1. The lowest BCUT2D eigenvalue weighted by Gasteiger charge is -2.41. The molecule has 0 spiro atoms. The summed E-state index contributed by atoms with van der Waals surface area (Å²) in [6, 6.07) is 19.0. The maximum absolute atomic E-state index is 12.4. The van der Waals surface area contributed by atoms with Crippen molar-refractivity contribution in [3.05, 3.63) is 65.7 Å². The van der Waals surface area contributed by atoms with E-state index in [1.54, 1.807) is 0 Å². The average molecular weight is 350 g/mol. The molecule has 26 heavy (non-hydrogen) atoms. The fourth-order valence-electron chi connectivity index (χ4n) is 4.08. The molecule has 0 saturated carbocycles. The van der Waals surface area contributed by atoms with E-state index in [1.165, 1.54) is 24.0 Å². The number of amides is 1. The van der Waals surface area contributed by atoms with Crippen molar-refractivity contribution < 1.29 is 9.53 Å². The molecule has 1 saturated heterocycles. The minimum absolute atomic E-state index is 0.0856. The Balaban J connectivity index is 1.26. The van der Waals surface area contributed by atoms with E-state index in [1.807, 2.05) is 35.2 Å². The van der Waals surface area contributed by atoms with Gasteiger partial charge in [0.25, 0.3) is 5.91 Å². The highest BCUT2D eigenvalue weighted by atomic mass is 16.5. The second-order valence-corrected chi connectivity index (χ2v) is 7.18. The van der Waals surface area contributed by atoms with Gasteiger partial charge in [0.1, 0.15) is 5.75 Å². The zero-order chi connectivity index (χ0) is 17.8. The first-order chi connectivity index (χ1) is 12.8. The molecule has 136 valence electrons. The summed E-state index contributed by atoms with van der Waals surface area (Å²) in [4.78, 5) is 16.9. The molecular formula is C22H26N2O2. The number of carbonyl (C=O) groups is 1. The van der Waals surface area contributed by atoms with Crippen molar-refractivity contribution in [3.63, 3.8) is 0 Å². The lowest BCUT2D eigenvalue weighted by atomic mass is 9.87. The van der Waals surface area contributed by atoms with Crippen LogP contribution in [0.2, 0.25) is 0 Å². The smallest absolute Gasteiger partial charge is 0.260 e. The minimum Gasteiger partial charge on any atom is -0.484 e. The van der Waals surface area contributed by atoms with E-state index in [0.29, 0.717) is 6.04 Å². The number of nitrogens with zero attached hydrogens (tertiary/aromatic N) is 2. The normalized spacial score (nSPS) is 20.5. The van der Waals surface area contributed by atoms with Crippen LogP contribution in [0.4, 0.5) is 0 Å². The van der Waals surface area contributed by atoms with Gasteiger partial charge in [0, 0.05) is 32.2 Å². The molecule has 1 aliphatic heterocycles. The maximum atomic E-state index is 12.4. The lowest BCUT2D eigenvalue weighted by molar-refractivity contribution is -0.135. The standard InChI is InChI=1S/C22H26N2O2/c25-22(17-26-21-8-2-1-3-9-21)24-14-12-23(13-15-24)20-11-10-18-6-4-5-7-19(18)16-20/h1-9,20H,10-17H2/t20-/m0/s1. The Bertz CT molecular complexity index is 739. The number of ether oxygens (including phenoxy) is 1. The summed E-state index contributed by atoms with van der Waals surface area (Å²) >= 11 is 0. The molecule has 1 amide bonds. The van der Waals surface area contributed by atoms with Crippen molar-refractivity contribution in [3.8, 4) is 5.75 Å². The van der Waals surface area contributed by atoms with E-state index in [2.05, 4.69) is 29.2 Å². The van der Waals surface area contributed by atoms with Crippen LogP contribution in [0.5, 0.6) is 5.75 Å².